The Kier molecular flexibility index (Phi) is 9.88. The number of imidazole rings is 1. The molecule has 1 aliphatic heterocycles. The number of carbonyl (C=O) groups excluding carboxylic acids is 2. The Morgan fingerprint density at radius 2 is 1.87 bits per heavy atom. The largest absolute Gasteiger partial charge is 0.497 e. The van der Waals surface area contributed by atoms with Gasteiger partial charge in [0.05, 0.1) is 31.2 Å². The molecule has 240 valence electrons. The molecule has 1 unspecified atom stereocenters. The summed E-state index contributed by atoms with van der Waals surface area (Å²) < 4.78 is 13.1. The third kappa shape index (κ3) is 7.11. The lowest BCUT2D eigenvalue weighted by molar-refractivity contribution is 0.0474. The number of piperazine rings is 1. The Morgan fingerprint density at radius 1 is 1.04 bits per heavy atom. The quantitative estimate of drug-likeness (QED) is 0.275. The van der Waals surface area contributed by atoms with Gasteiger partial charge in [0.25, 0.3) is 5.91 Å². The van der Waals surface area contributed by atoms with E-state index in [2.05, 4.69) is 27.4 Å². The van der Waals surface area contributed by atoms with Gasteiger partial charge in [0.15, 0.2) is 5.69 Å². The summed E-state index contributed by atoms with van der Waals surface area (Å²) in [6.07, 6.45) is 9.15. The second kappa shape index (κ2) is 14.4. The Bertz CT molecular complexity index is 1460. The summed E-state index contributed by atoms with van der Waals surface area (Å²) in [5.74, 6) is 0.785. The van der Waals surface area contributed by atoms with Crippen molar-refractivity contribution < 1.29 is 19.1 Å². The molecule has 3 fully saturated rings. The molecule has 3 atom stereocenters. The van der Waals surface area contributed by atoms with E-state index in [1.54, 1.807) is 7.11 Å². The Labute approximate surface area is 265 Å². The van der Waals surface area contributed by atoms with Gasteiger partial charge in [0.1, 0.15) is 11.9 Å². The SMILES string of the molecule is COc1ccc(NCCC2CNCCN2C(=O)c2ncn([C@H]3CCCC[C@@H]3NC(=O)OC3CCC3)c2-c2ccccc2)c(C)c1. The molecule has 2 aliphatic carbocycles. The molecule has 10 heteroatoms. The zero-order valence-electron chi connectivity index (χ0n) is 26.5. The standard InChI is InChI=1S/C35H46N6O4/c1-24-21-28(44-2)15-16-29(24)37-18-17-26-22-36-19-20-40(26)34(42)32-33(25-9-4-3-5-10-25)41(23-38-32)31-14-7-6-13-30(31)39-35(43)45-27-11-8-12-27/h3-5,9-10,15-16,21,23,26-27,30-31,36-37H,6-8,11-14,17-20,22H2,1-2H3,(H,39,43)/t26?,30-,31-/m0/s1. The van der Waals surface area contributed by atoms with Crippen LogP contribution in [0.25, 0.3) is 11.3 Å². The van der Waals surface area contributed by atoms with Crippen molar-refractivity contribution in [2.75, 3.05) is 38.6 Å². The van der Waals surface area contributed by atoms with Crippen LogP contribution in [0.15, 0.2) is 54.9 Å². The van der Waals surface area contributed by atoms with Crippen molar-refractivity contribution in [3.8, 4) is 17.0 Å². The van der Waals surface area contributed by atoms with Crippen LogP contribution in [0.2, 0.25) is 0 Å². The van der Waals surface area contributed by atoms with Crippen LogP contribution in [0.4, 0.5) is 10.5 Å². The number of anilines is 1. The number of nitrogens with one attached hydrogen (secondary N) is 3. The van der Waals surface area contributed by atoms with E-state index in [0.717, 1.165) is 99.3 Å². The van der Waals surface area contributed by atoms with Crippen molar-refractivity contribution in [3.05, 3.63) is 66.1 Å². The van der Waals surface area contributed by atoms with Crippen molar-refractivity contribution in [1.82, 2.24) is 25.1 Å². The van der Waals surface area contributed by atoms with Crippen LogP contribution in [0.5, 0.6) is 5.75 Å². The van der Waals surface area contributed by atoms with E-state index in [1.807, 2.05) is 59.8 Å². The highest BCUT2D eigenvalue weighted by atomic mass is 16.6. The van der Waals surface area contributed by atoms with Gasteiger partial charge >= 0.3 is 6.09 Å². The number of aryl methyl sites for hydroxylation is 1. The predicted octanol–water partition coefficient (Wildman–Crippen LogP) is 5.55. The highest BCUT2D eigenvalue weighted by Crippen LogP contribution is 2.35. The van der Waals surface area contributed by atoms with Crippen molar-refractivity contribution in [2.24, 2.45) is 0 Å². The lowest BCUT2D eigenvalue weighted by Gasteiger charge is -2.37. The van der Waals surface area contributed by atoms with Crippen molar-refractivity contribution >= 4 is 17.7 Å². The number of alkyl carbamates (subject to hydrolysis) is 1. The number of ether oxygens (including phenoxy) is 2. The first-order chi connectivity index (χ1) is 22.0. The van der Waals surface area contributed by atoms with Crippen LogP contribution in [0.1, 0.15) is 73.5 Å². The fourth-order valence-corrected chi connectivity index (χ4v) is 6.85. The zero-order chi connectivity index (χ0) is 31.2. The summed E-state index contributed by atoms with van der Waals surface area (Å²) in [7, 11) is 1.67. The summed E-state index contributed by atoms with van der Waals surface area (Å²) in [4.78, 5) is 34.0. The summed E-state index contributed by atoms with van der Waals surface area (Å²) >= 11 is 0. The number of aromatic nitrogens is 2. The van der Waals surface area contributed by atoms with E-state index >= 15 is 0 Å². The highest BCUT2D eigenvalue weighted by molar-refractivity contribution is 5.98. The second-order valence-electron chi connectivity index (χ2n) is 12.5. The Balaban J connectivity index is 1.22. The molecule has 3 N–H and O–H groups in total. The smallest absolute Gasteiger partial charge is 0.407 e. The molecule has 6 rings (SSSR count). The van der Waals surface area contributed by atoms with E-state index in [-0.39, 0.29) is 36.2 Å². The number of benzene rings is 2. The summed E-state index contributed by atoms with van der Waals surface area (Å²) in [5, 5.41) is 10.2. The van der Waals surface area contributed by atoms with Crippen LogP contribution in [0.3, 0.4) is 0 Å². The van der Waals surface area contributed by atoms with Gasteiger partial charge in [0, 0.05) is 43.5 Å². The summed E-state index contributed by atoms with van der Waals surface area (Å²) in [6.45, 7) is 4.89. The molecule has 45 heavy (non-hydrogen) atoms. The highest BCUT2D eigenvalue weighted by Gasteiger charge is 2.35. The number of amides is 2. The molecule has 1 aromatic heterocycles. The van der Waals surface area contributed by atoms with Gasteiger partial charge in [0.2, 0.25) is 0 Å². The van der Waals surface area contributed by atoms with Gasteiger partial charge in [-0.15, -0.1) is 0 Å². The minimum atomic E-state index is -0.337. The molecular weight excluding hydrogens is 568 g/mol. The van der Waals surface area contributed by atoms with Crippen LogP contribution in [-0.2, 0) is 4.74 Å². The van der Waals surface area contributed by atoms with Gasteiger partial charge in [-0.2, -0.15) is 0 Å². The number of nitrogens with zero attached hydrogens (tertiary/aromatic N) is 3. The second-order valence-corrected chi connectivity index (χ2v) is 12.5. The molecule has 2 heterocycles. The molecule has 2 saturated carbocycles. The van der Waals surface area contributed by atoms with E-state index in [1.165, 1.54) is 0 Å². The topological polar surface area (TPSA) is 110 Å². The fourth-order valence-electron chi connectivity index (χ4n) is 6.85. The maximum atomic E-state index is 14.4. The van der Waals surface area contributed by atoms with E-state index in [4.69, 9.17) is 14.5 Å². The van der Waals surface area contributed by atoms with Crippen molar-refractivity contribution in [3.63, 3.8) is 0 Å². The van der Waals surface area contributed by atoms with E-state index < -0.39 is 0 Å². The molecule has 2 aromatic carbocycles. The first-order valence-corrected chi connectivity index (χ1v) is 16.5. The monoisotopic (exact) mass is 614 g/mol. The van der Waals surface area contributed by atoms with Gasteiger partial charge in [-0.3, -0.25) is 4.79 Å². The number of methoxy groups -OCH3 is 1. The third-order valence-electron chi connectivity index (χ3n) is 9.60. The van der Waals surface area contributed by atoms with Gasteiger partial charge < -0.3 is 34.9 Å². The predicted molar refractivity (Wildman–Crippen MR) is 175 cm³/mol. The Morgan fingerprint density at radius 3 is 2.62 bits per heavy atom. The van der Waals surface area contributed by atoms with E-state index in [9.17, 15) is 9.59 Å². The van der Waals surface area contributed by atoms with Crippen LogP contribution in [-0.4, -0.2) is 77.9 Å². The minimum absolute atomic E-state index is 0.0206. The van der Waals surface area contributed by atoms with Crippen molar-refractivity contribution in [2.45, 2.75) is 82.5 Å². The maximum Gasteiger partial charge on any atom is 0.407 e. The average molecular weight is 615 g/mol. The molecule has 10 nitrogen and oxygen atoms in total. The molecular formula is C35H46N6O4. The zero-order valence-corrected chi connectivity index (χ0v) is 26.5. The van der Waals surface area contributed by atoms with Gasteiger partial charge in [-0.1, -0.05) is 43.2 Å². The lowest BCUT2D eigenvalue weighted by Crippen LogP contribution is -2.54. The molecule has 0 bridgehead atoms. The average Bonchev–Trinajstić information content (AvgIpc) is 3.49. The maximum absolute atomic E-state index is 14.4. The number of rotatable bonds is 10. The van der Waals surface area contributed by atoms with Crippen molar-refractivity contribution in [1.29, 1.82) is 0 Å². The molecule has 0 radical (unpaired) electrons. The van der Waals surface area contributed by atoms with Crippen LogP contribution < -0.4 is 20.7 Å². The summed E-state index contributed by atoms with van der Waals surface area (Å²) in [6, 6.07) is 16.0. The number of hydrogen-bond donors (Lipinski definition) is 3. The van der Waals surface area contributed by atoms with Gasteiger partial charge in [-0.05, 0) is 69.2 Å². The molecule has 3 aromatic rings. The molecule has 2 amide bonds. The molecule has 1 saturated heterocycles. The van der Waals surface area contributed by atoms with Crippen LogP contribution >= 0.6 is 0 Å². The number of hydrogen-bond acceptors (Lipinski definition) is 7. The fraction of sp³-hybridized carbons (Fsp3) is 0.514. The molecule has 3 aliphatic rings. The number of carbonyl (C=O) groups is 2. The third-order valence-corrected chi connectivity index (χ3v) is 9.60. The lowest BCUT2D eigenvalue weighted by atomic mass is 9.89. The van der Waals surface area contributed by atoms with Gasteiger partial charge in [-0.25, -0.2) is 9.78 Å². The first kappa shape index (κ1) is 31.0. The van der Waals surface area contributed by atoms with Crippen LogP contribution in [0, 0.1) is 6.92 Å². The first-order valence-electron chi connectivity index (χ1n) is 16.5. The minimum Gasteiger partial charge on any atom is -0.497 e. The Hall–Kier alpha value is -4.05. The van der Waals surface area contributed by atoms with E-state index in [0.29, 0.717) is 12.2 Å². The molecule has 0 spiro atoms. The summed E-state index contributed by atoms with van der Waals surface area (Å²) in [5.41, 5.74) is 4.41. The normalized spacial score (nSPS) is 21.9.